The molecule has 0 aromatic heterocycles. The maximum Gasteiger partial charge on any atom is 0.206 e. The predicted octanol–water partition coefficient (Wildman–Crippen LogP) is 1.44. The van der Waals surface area contributed by atoms with E-state index in [0.717, 1.165) is 12.8 Å². The van der Waals surface area contributed by atoms with Crippen LogP contribution in [0.3, 0.4) is 0 Å². The van der Waals surface area contributed by atoms with Gasteiger partial charge in [0.05, 0.1) is 0 Å². The van der Waals surface area contributed by atoms with Gasteiger partial charge in [-0.3, -0.25) is 4.79 Å². The molecule has 4 N–H and O–H groups in total. The van der Waals surface area contributed by atoms with Gasteiger partial charge in [0.15, 0.2) is 0 Å². The zero-order valence-electron chi connectivity index (χ0n) is 11.2. The third kappa shape index (κ3) is 29.3. The van der Waals surface area contributed by atoms with Gasteiger partial charge in [-0.15, -0.1) is 0 Å². The highest BCUT2D eigenvalue weighted by Crippen LogP contribution is 2.05. The van der Waals surface area contributed by atoms with Gasteiger partial charge in [0, 0.05) is 19.5 Å². The zero-order valence-corrected chi connectivity index (χ0v) is 11.2. The highest BCUT2D eigenvalue weighted by molar-refractivity contribution is 5.50. The van der Waals surface area contributed by atoms with Crippen LogP contribution in [-0.2, 0) is 9.59 Å². The predicted molar refractivity (Wildman–Crippen MR) is 79.3 cm³/mol. The number of rotatable bonds is 3. The Balaban J connectivity index is -0.0000000847. The average Bonchev–Trinajstić information content (AvgIpc) is 2.87. The van der Waals surface area contributed by atoms with Gasteiger partial charge in [0.2, 0.25) is 6.41 Å². The number of nitrogens with two attached hydrogens (primary N) is 1. The monoisotopic (exact) mass is 261 g/mol. The summed E-state index contributed by atoms with van der Waals surface area (Å²) in [7, 11) is 1.56. The van der Waals surface area contributed by atoms with E-state index in [0.29, 0.717) is 18.9 Å². The largest absolute Gasteiger partial charge is 0.405 e. The van der Waals surface area contributed by atoms with E-state index in [1.807, 2.05) is 13.8 Å². The minimum absolute atomic E-state index is 0. The second kappa shape index (κ2) is 29.6. The van der Waals surface area contributed by atoms with Crippen molar-refractivity contribution >= 4 is 12.7 Å². The van der Waals surface area contributed by atoms with Gasteiger partial charge in [-0.2, -0.15) is 0 Å². The number of hydrogen-bond donors (Lipinski definition) is 3. The van der Waals surface area contributed by atoms with E-state index in [1.165, 1.54) is 19.0 Å². The number of nitrogens with one attached hydrogen (secondary N) is 2. The van der Waals surface area contributed by atoms with Crippen molar-refractivity contribution in [2.45, 2.75) is 46.6 Å². The molecule has 1 heterocycles. The molecule has 5 nitrogen and oxygen atoms in total. The Bertz CT molecular complexity index is 158. The molecule has 0 aliphatic carbocycles. The molecular weight excluding hydrogens is 230 g/mol. The second-order valence-corrected chi connectivity index (χ2v) is 2.84. The molecule has 18 heavy (non-hydrogen) atoms. The standard InChI is InChI=1S/C6H11NO.C2H5NO.C2H5N.C2H6.CH4/c8-5-3-6-2-1-4-7-6;1-3-2-4;1-2-3;1-2;/h5-7H,1-4H2;2H,1H3,(H,3,4);2H,1,3H2;1-2H3;1H4. The minimum atomic E-state index is 0. The number of amides is 1. The SMILES string of the molecule is C.C=CN.CC.CNC=O.O=CCC1CCCN1. The lowest BCUT2D eigenvalue weighted by molar-refractivity contribution is -0.109. The molecule has 1 unspecified atom stereocenters. The average molecular weight is 261 g/mol. The molecule has 0 bridgehead atoms. The number of hydrogen-bond acceptors (Lipinski definition) is 4. The Kier molecular flexibility index (Phi) is 41.9. The lowest BCUT2D eigenvalue weighted by Gasteiger charge is -2.01. The summed E-state index contributed by atoms with van der Waals surface area (Å²) in [6.07, 6.45) is 5.97. The van der Waals surface area contributed by atoms with Crippen molar-refractivity contribution in [3.63, 3.8) is 0 Å². The zero-order chi connectivity index (χ0) is 13.9. The Morgan fingerprint density at radius 3 is 2.11 bits per heavy atom. The van der Waals surface area contributed by atoms with Crippen molar-refractivity contribution in [1.82, 2.24) is 10.6 Å². The molecule has 1 aliphatic rings. The number of carbonyl (C=O) groups excluding carboxylic acids is 2. The quantitative estimate of drug-likeness (QED) is 0.671. The van der Waals surface area contributed by atoms with Crippen LogP contribution in [0.25, 0.3) is 0 Å². The topological polar surface area (TPSA) is 84.2 Å². The van der Waals surface area contributed by atoms with Crippen LogP contribution in [-0.4, -0.2) is 32.3 Å². The summed E-state index contributed by atoms with van der Waals surface area (Å²) in [5.41, 5.74) is 4.61. The summed E-state index contributed by atoms with van der Waals surface area (Å²) in [5.74, 6) is 0. The van der Waals surface area contributed by atoms with Crippen molar-refractivity contribution in [1.29, 1.82) is 0 Å². The molecule has 0 spiro atoms. The van der Waals surface area contributed by atoms with Gasteiger partial charge in [0.25, 0.3) is 0 Å². The van der Waals surface area contributed by atoms with E-state index in [9.17, 15) is 4.79 Å². The van der Waals surface area contributed by atoms with Crippen LogP contribution in [0.2, 0.25) is 0 Å². The van der Waals surface area contributed by atoms with E-state index in [4.69, 9.17) is 4.79 Å². The van der Waals surface area contributed by atoms with Crippen molar-refractivity contribution < 1.29 is 9.59 Å². The molecule has 0 radical (unpaired) electrons. The van der Waals surface area contributed by atoms with E-state index >= 15 is 0 Å². The summed E-state index contributed by atoms with van der Waals surface area (Å²) in [6.45, 7) is 8.23. The van der Waals surface area contributed by atoms with Crippen molar-refractivity contribution in [2.75, 3.05) is 13.6 Å². The Morgan fingerprint density at radius 1 is 1.44 bits per heavy atom. The molecule has 0 aromatic carbocycles. The molecule has 1 amide bonds. The second-order valence-electron chi connectivity index (χ2n) is 2.84. The van der Waals surface area contributed by atoms with Crippen LogP contribution in [0.4, 0.5) is 0 Å². The summed E-state index contributed by atoms with van der Waals surface area (Å²) in [4.78, 5) is 19.0. The van der Waals surface area contributed by atoms with Crippen molar-refractivity contribution in [2.24, 2.45) is 5.73 Å². The fourth-order valence-electron chi connectivity index (χ4n) is 1.07. The van der Waals surface area contributed by atoms with E-state index < -0.39 is 0 Å². The third-order valence-corrected chi connectivity index (χ3v) is 1.66. The van der Waals surface area contributed by atoms with Crippen LogP contribution >= 0.6 is 0 Å². The fourth-order valence-corrected chi connectivity index (χ4v) is 1.07. The molecule has 0 aromatic rings. The lowest BCUT2D eigenvalue weighted by atomic mass is 10.2. The highest BCUT2D eigenvalue weighted by Gasteiger charge is 2.11. The molecule has 1 atom stereocenters. The van der Waals surface area contributed by atoms with Gasteiger partial charge in [-0.05, 0) is 25.6 Å². The molecule has 1 saturated heterocycles. The van der Waals surface area contributed by atoms with Gasteiger partial charge >= 0.3 is 0 Å². The Labute approximate surface area is 112 Å². The van der Waals surface area contributed by atoms with Crippen molar-refractivity contribution in [3.8, 4) is 0 Å². The summed E-state index contributed by atoms with van der Waals surface area (Å²) >= 11 is 0. The van der Waals surface area contributed by atoms with Gasteiger partial charge in [0.1, 0.15) is 6.29 Å². The van der Waals surface area contributed by atoms with Gasteiger partial charge < -0.3 is 21.2 Å². The molecule has 1 rings (SSSR count). The highest BCUT2D eigenvalue weighted by atomic mass is 16.1. The first-order valence-corrected chi connectivity index (χ1v) is 5.87. The molecule has 5 heteroatoms. The van der Waals surface area contributed by atoms with Gasteiger partial charge in [-0.25, -0.2) is 0 Å². The van der Waals surface area contributed by atoms with Crippen LogP contribution in [0.1, 0.15) is 40.5 Å². The first-order chi connectivity index (χ1) is 8.26. The van der Waals surface area contributed by atoms with Crippen LogP contribution in [0.15, 0.2) is 12.8 Å². The fraction of sp³-hybridized carbons (Fsp3) is 0.692. The van der Waals surface area contributed by atoms with E-state index in [-0.39, 0.29) is 7.43 Å². The minimum Gasteiger partial charge on any atom is -0.405 e. The lowest BCUT2D eigenvalue weighted by Crippen LogP contribution is -2.21. The number of aldehydes is 1. The first kappa shape index (κ1) is 25.5. The summed E-state index contributed by atoms with van der Waals surface area (Å²) in [6, 6.07) is 0.493. The summed E-state index contributed by atoms with van der Waals surface area (Å²) in [5, 5.41) is 5.48. The molecule has 1 aliphatic heterocycles. The maximum absolute atomic E-state index is 9.92. The van der Waals surface area contributed by atoms with Gasteiger partial charge in [-0.1, -0.05) is 27.9 Å². The van der Waals surface area contributed by atoms with Crippen LogP contribution in [0, 0.1) is 0 Å². The molecule has 110 valence electrons. The van der Waals surface area contributed by atoms with Crippen LogP contribution < -0.4 is 16.4 Å². The maximum atomic E-state index is 9.92. The Morgan fingerprint density at radius 2 is 1.89 bits per heavy atom. The number of carbonyl (C=O) groups is 2. The van der Waals surface area contributed by atoms with E-state index in [1.54, 1.807) is 7.05 Å². The Hall–Kier alpha value is -1.36. The normalized spacial score (nSPS) is 14.7. The smallest absolute Gasteiger partial charge is 0.206 e. The molecule has 0 saturated carbocycles. The van der Waals surface area contributed by atoms with E-state index in [2.05, 4.69) is 22.9 Å². The van der Waals surface area contributed by atoms with Crippen molar-refractivity contribution in [3.05, 3.63) is 12.8 Å². The molecular formula is C13H31N3O2. The van der Waals surface area contributed by atoms with Crippen LogP contribution in [0.5, 0.6) is 0 Å². The third-order valence-electron chi connectivity index (χ3n) is 1.66. The first-order valence-electron chi connectivity index (χ1n) is 5.87. The summed E-state index contributed by atoms with van der Waals surface area (Å²) < 4.78 is 0. The molecule has 1 fully saturated rings.